The first-order chi connectivity index (χ1) is 8.63. The maximum Gasteiger partial charge on any atom is 0.240 e. The van der Waals surface area contributed by atoms with Gasteiger partial charge in [-0.2, -0.15) is 0 Å². The van der Waals surface area contributed by atoms with Crippen LogP contribution in [-0.4, -0.2) is 29.9 Å². The zero-order valence-corrected chi connectivity index (χ0v) is 11.4. The van der Waals surface area contributed by atoms with Gasteiger partial charge in [-0.05, 0) is 30.9 Å². The molecule has 18 heavy (non-hydrogen) atoms. The van der Waals surface area contributed by atoms with Crippen molar-refractivity contribution in [3.8, 4) is 0 Å². The molecule has 3 heteroatoms. The van der Waals surface area contributed by atoms with Gasteiger partial charge in [-0.3, -0.25) is 4.79 Å². The molecule has 1 aromatic carbocycles. The van der Waals surface area contributed by atoms with Gasteiger partial charge in [0.25, 0.3) is 0 Å². The summed E-state index contributed by atoms with van der Waals surface area (Å²) in [7, 11) is 1.90. The van der Waals surface area contributed by atoms with Gasteiger partial charge < -0.3 is 10.2 Å². The third kappa shape index (κ3) is 2.56. The highest BCUT2D eigenvalue weighted by Gasteiger charge is 2.27. The minimum absolute atomic E-state index is 0.0705. The fourth-order valence-corrected chi connectivity index (χ4v) is 2.37. The van der Waals surface area contributed by atoms with E-state index >= 15 is 0 Å². The first-order valence-corrected chi connectivity index (χ1v) is 6.70. The largest absolute Gasteiger partial charge is 0.342 e. The molecule has 1 N–H and O–H groups in total. The van der Waals surface area contributed by atoms with Crippen LogP contribution in [0.25, 0.3) is 0 Å². The molecule has 1 unspecified atom stereocenters. The van der Waals surface area contributed by atoms with Crippen molar-refractivity contribution in [2.24, 2.45) is 0 Å². The Labute approximate surface area is 109 Å². The van der Waals surface area contributed by atoms with E-state index in [1.165, 1.54) is 11.1 Å². The number of carbonyl (C=O) groups is 1. The number of benzene rings is 1. The first-order valence-electron chi connectivity index (χ1n) is 6.70. The first kappa shape index (κ1) is 13.1. The second kappa shape index (κ2) is 5.53. The lowest BCUT2D eigenvalue weighted by molar-refractivity contribution is -0.134. The van der Waals surface area contributed by atoms with Crippen LogP contribution >= 0.6 is 0 Å². The van der Waals surface area contributed by atoms with Crippen LogP contribution in [-0.2, 0) is 17.8 Å². The van der Waals surface area contributed by atoms with Crippen LogP contribution in [0.4, 0.5) is 0 Å². The second-order valence-corrected chi connectivity index (χ2v) is 5.11. The maximum absolute atomic E-state index is 12.4. The molecule has 0 aromatic heterocycles. The van der Waals surface area contributed by atoms with Crippen molar-refractivity contribution in [3.63, 3.8) is 0 Å². The molecule has 3 nitrogen and oxygen atoms in total. The number of hydrogen-bond acceptors (Lipinski definition) is 2. The third-order valence-electron chi connectivity index (χ3n) is 3.98. The normalized spacial score (nSPS) is 20.1. The number of amides is 1. The number of fused-ring (bicyclic) bond motifs is 1. The second-order valence-electron chi connectivity index (χ2n) is 5.11. The van der Waals surface area contributed by atoms with E-state index in [0.717, 1.165) is 19.4 Å². The predicted octanol–water partition coefficient (Wildman–Crippen LogP) is 1.96. The van der Waals surface area contributed by atoms with Crippen molar-refractivity contribution in [2.75, 3.05) is 7.05 Å². The number of hydrogen-bond donors (Lipinski definition) is 1. The molecule has 2 atom stereocenters. The summed E-state index contributed by atoms with van der Waals surface area (Å²) in [6.45, 7) is 4.99. The minimum Gasteiger partial charge on any atom is -0.342 e. The summed E-state index contributed by atoms with van der Waals surface area (Å²) in [5.74, 6) is 0.207. The molecule has 0 spiro atoms. The Morgan fingerprint density at radius 3 is 2.78 bits per heavy atom. The highest BCUT2D eigenvalue weighted by molar-refractivity contribution is 5.82. The molecule has 98 valence electrons. The molecule has 1 aromatic rings. The van der Waals surface area contributed by atoms with Gasteiger partial charge in [0, 0.05) is 19.6 Å². The third-order valence-corrected chi connectivity index (χ3v) is 3.98. The number of nitrogens with zero attached hydrogens (tertiary/aromatic N) is 1. The van der Waals surface area contributed by atoms with Crippen LogP contribution in [0.5, 0.6) is 0 Å². The Morgan fingerprint density at radius 1 is 1.44 bits per heavy atom. The molecule has 0 aliphatic carbocycles. The topological polar surface area (TPSA) is 32.3 Å². The molecule has 0 bridgehead atoms. The zero-order chi connectivity index (χ0) is 13.1. The lowest BCUT2D eigenvalue weighted by Crippen LogP contribution is -2.50. The highest BCUT2D eigenvalue weighted by atomic mass is 16.2. The molecule has 0 saturated carbocycles. The van der Waals surface area contributed by atoms with Crippen molar-refractivity contribution >= 4 is 5.91 Å². The van der Waals surface area contributed by atoms with Gasteiger partial charge in [-0.15, -0.1) is 0 Å². The molecule has 1 heterocycles. The van der Waals surface area contributed by atoms with Gasteiger partial charge in [-0.25, -0.2) is 0 Å². The lowest BCUT2D eigenvalue weighted by Gasteiger charge is -2.31. The quantitative estimate of drug-likeness (QED) is 0.884. The summed E-state index contributed by atoms with van der Waals surface area (Å²) in [5.41, 5.74) is 2.61. The summed E-state index contributed by atoms with van der Waals surface area (Å²) in [6.07, 6.45) is 1.79. The van der Waals surface area contributed by atoms with E-state index in [4.69, 9.17) is 0 Å². The Hall–Kier alpha value is -1.35. The molecular weight excluding hydrogens is 224 g/mol. The van der Waals surface area contributed by atoms with Gasteiger partial charge in [0.05, 0.1) is 6.04 Å². The monoisotopic (exact) mass is 246 g/mol. The van der Waals surface area contributed by atoms with Crippen molar-refractivity contribution in [2.45, 2.75) is 45.3 Å². The average molecular weight is 246 g/mol. The molecule has 2 rings (SSSR count). The Balaban J connectivity index is 2.07. The lowest BCUT2D eigenvalue weighted by atomic mass is 9.95. The van der Waals surface area contributed by atoms with Crippen LogP contribution in [0.1, 0.15) is 31.4 Å². The maximum atomic E-state index is 12.4. The van der Waals surface area contributed by atoms with Gasteiger partial charge in [0.2, 0.25) is 5.91 Å². The van der Waals surface area contributed by atoms with E-state index in [1.807, 2.05) is 24.1 Å². The Morgan fingerprint density at radius 2 is 2.11 bits per heavy atom. The van der Waals surface area contributed by atoms with Gasteiger partial charge >= 0.3 is 0 Å². The van der Waals surface area contributed by atoms with Gasteiger partial charge in [-0.1, -0.05) is 31.2 Å². The Bertz CT molecular complexity index is 430. The number of carbonyl (C=O) groups excluding carboxylic acids is 1. The van der Waals surface area contributed by atoms with E-state index in [9.17, 15) is 4.79 Å². The summed E-state index contributed by atoms with van der Waals surface area (Å²) >= 11 is 0. The van der Waals surface area contributed by atoms with E-state index in [2.05, 4.69) is 31.3 Å². The Kier molecular flexibility index (Phi) is 4.02. The van der Waals surface area contributed by atoms with Gasteiger partial charge in [0.1, 0.15) is 0 Å². The average Bonchev–Trinajstić information content (AvgIpc) is 2.44. The highest BCUT2D eigenvalue weighted by Crippen LogP contribution is 2.17. The standard InChI is InChI=1S/C15H22N2O/c1-4-11(2)17(3)15(18)14-9-12-7-5-6-8-13(12)10-16-14/h5-8,11,14,16H,4,9-10H2,1-3H3/t11?,14-/m1/s1. The van der Waals surface area contributed by atoms with E-state index in [1.54, 1.807) is 0 Å². The minimum atomic E-state index is -0.0705. The van der Waals surface area contributed by atoms with Crippen molar-refractivity contribution in [1.29, 1.82) is 0 Å². The van der Waals surface area contributed by atoms with Crippen LogP contribution in [0.2, 0.25) is 0 Å². The smallest absolute Gasteiger partial charge is 0.240 e. The van der Waals surface area contributed by atoms with Crippen LogP contribution in [0.3, 0.4) is 0 Å². The molecule has 0 saturated heterocycles. The van der Waals surface area contributed by atoms with Crippen molar-refractivity contribution < 1.29 is 4.79 Å². The SMILES string of the molecule is CCC(C)N(C)C(=O)[C@H]1Cc2ccccc2CN1. The molecule has 1 aliphatic rings. The fraction of sp³-hybridized carbons (Fsp3) is 0.533. The molecular formula is C15H22N2O. The van der Waals surface area contributed by atoms with E-state index < -0.39 is 0 Å². The van der Waals surface area contributed by atoms with E-state index in [0.29, 0.717) is 6.04 Å². The summed E-state index contributed by atoms with van der Waals surface area (Å²) in [5, 5.41) is 3.34. The fourth-order valence-electron chi connectivity index (χ4n) is 2.37. The number of likely N-dealkylation sites (N-methyl/N-ethyl adjacent to an activating group) is 1. The van der Waals surface area contributed by atoms with Crippen LogP contribution in [0.15, 0.2) is 24.3 Å². The van der Waals surface area contributed by atoms with Crippen LogP contribution in [0, 0.1) is 0 Å². The van der Waals surface area contributed by atoms with Crippen molar-refractivity contribution in [3.05, 3.63) is 35.4 Å². The van der Waals surface area contributed by atoms with Crippen molar-refractivity contribution in [1.82, 2.24) is 10.2 Å². The number of nitrogens with one attached hydrogen (secondary N) is 1. The molecule has 1 aliphatic heterocycles. The number of rotatable bonds is 3. The zero-order valence-electron chi connectivity index (χ0n) is 11.4. The molecule has 1 amide bonds. The molecule has 0 radical (unpaired) electrons. The van der Waals surface area contributed by atoms with Gasteiger partial charge in [0.15, 0.2) is 0 Å². The summed E-state index contributed by atoms with van der Waals surface area (Å²) < 4.78 is 0. The van der Waals surface area contributed by atoms with Crippen LogP contribution < -0.4 is 5.32 Å². The molecule has 0 fully saturated rings. The van der Waals surface area contributed by atoms with E-state index in [-0.39, 0.29) is 11.9 Å². The summed E-state index contributed by atoms with van der Waals surface area (Å²) in [6, 6.07) is 8.58. The summed E-state index contributed by atoms with van der Waals surface area (Å²) in [4.78, 5) is 14.2. The predicted molar refractivity (Wildman–Crippen MR) is 73.3 cm³/mol.